The Morgan fingerprint density at radius 1 is 1.25 bits per heavy atom. The van der Waals surface area contributed by atoms with Crippen molar-refractivity contribution in [3.8, 4) is 16.5 Å². The van der Waals surface area contributed by atoms with E-state index in [-0.39, 0.29) is 0 Å². The Hall–Kier alpha value is -1.66. The van der Waals surface area contributed by atoms with Gasteiger partial charge in [-0.15, -0.1) is 11.3 Å². The van der Waals surface area contributed by atoms with E-state index >= 15 is 0 Å². The molecule has 1 aliphatic carbocycles. The zero-order chi connectivity index (χ0) is 11.0. The van der Waals surface area contributed by atoms with E-state index in [1.807, 2.05) is 30.5 Å². The van der Waals surface area contributed by atoms with E-state index in [0.29, 0.717) is 5.56 Å². The van der Waals surface area contributed by atoms with Crippen molar-refractivity contribution in [2.45, 2.75) is 18.8 Å². The van der Waals surface area contributed by atoms with Crippen LogP contribution in [0.25, 0.3) is 10.4 Å². The minimum Gasteiger partial charge on any atom is -0.249 e. The van der Waals surface area contributed by atoms with Crippen LogP contribution in [0.3, 0.4) is 0 Å². The molecule has 0 aliphatic heterocycles. The Kier molecular flexibility index (Phi) is 2.23. The molecule has 0 N–H and O–H groups in total. The van der Waals surface area contributed by atoms with Gasteiger partial charge in [-0.2, -0.15) is 5.26 Å². The highest BCUT2D eigenvalue weighted by atomic mass is 32.1. The lowest BCUT2D eigenvalue weighted by molar-refractivity contribution is 1.08. The van der Waals surface area contributed by atoms with Crippen molar-refractivity contribution in [3.05, 3.63) is 41.0 Å². The molecule has 78 valence electrons. The van der Waals surface area contributed by atoms with Crippen LogP contribution in [0.15, 0.2) is 30.5 Å². The highest BCUT2D eigenvalue weighted by Gasteiger charge is 2.26. The molecule has 0 spiro atoms. The van der Waals surface area contributed by atoms with Gasteiger partial charge in [0.1, 0.15) is 0 Å². The molecule has 0 atom stereocenters. The first kappa shape index (κ1) is 9.56. The van der Waals surface area contributed by atoms with Crippen LogP contribution in [0.5, 0.6) is 0 Å². The Morgan fingerprint density at radius 2 is 2.00 bits per heavy atom. The molecular formula is C13H10N2S. The first-order valence-corrected chi connectivity index (χ1v) is 6.15. The zero-order valence-corrected chi connectivity index (χ0v) is 9.50. The third-order valence-corrected chi connectivity index (χ3v) is 3.96. The summed E-state index contributed by atoms with van der Waals surface area (Å²) in [7, 11) is 0. The number of thiazole rings is 1. The summed E-state index contributed by atoms with van der Waals surface area (Å²) in [5, 5.41) is 9.99. The van der Waals surface area contributed by atoms with Crippen LogP contribution in [-0.4, -0.2) is 4.98 Å². The molecule has 1 aromatic carbocycles. The molecule has 0 bridgehead atoms. The van der Waals surface area contributed by atoms with E-state index in [1.54, 1.807) is 11.3 Å². The van der Waals surface area contributed by atoms with Crippen LogP contribution in [0.4, 0.5) is 0 Å². The van der Waals surface area contributed by atoms with Crippen molar-refractivity contribution in [2.24, 2.45) is 0 Å². The maximum atomic E-state index is 8.72. The molecule has 1 aliphatic rings. The lowest BCUT2D eigenvalue weighted by Gasteiger charge is -1.95. The van der Waals surface area contributed by atoms with Crippen LogP contribution in [0.2, 0.25) is 0 Å². The summed E-state index contributed by atoms with van der Waals surface area (Å²) in [4.78, 5) is 5.65. The van der Waals surface area contributed by atoms with Gasteiger partial charge in [-0.05, 0) is 30.5 Å². The van der Waals surface area contributed by atoms with Gasteiger partial charge in [-0.25, -0.2) is 4.98 Å². The molecule has 1 heterocycles. The van der Waals surface area contributed by atoms with Crippen molar-refractivity contribution in [2.75, 3.05) is 0 Å². The normalized spacial score (nSPS) is 14.7. The van der Waals surface area contributed by atoms with E-state index in [4.69, 9.17) is 5.26 Å². The zero-order valence-electron chi connectivity index (χ0n) is 8.68. The average Bonchev–Trinajstić information content (AvgIpc) is 3.08. The van der Waals surface area contributed by atoms with E-state index in [1.165, 1.54) is 22.7 Å². The fourth-order valence-electron chi connectivity index (χ4n) is 1.65. The summed E-state index contributed by atoms with van der Waals surface area (Å²) in [5.74, 6) is 0.720. The van der Waals surface area contributed by atoms with Crippen LogP contribution < -0.4 is 0 Å². The second-order valence-electron chi connectivity index (χ2n) is 4.03. The molecule has 0 unspecified atom stereocenters. The largest absolute Gasteiger partial charge is 0.249 e. The van der Waals surface area contributed by atoms with E-state index < -0.39 is 0 Å². The number of benzene rings is 1. The first-order chi connectivity index (χ1) is 7.86. The minimum atomic E-state index is 0.704. The van der Waals surface area contributed by atoms with Crippen molar-refractivity contribution in [1.29, 1.82) is 5.26 Å². The molecule has 1 fully saturated rings. The molecular weight excluding hydrogens is 216 g/mol. The summed E-state index contributed by atoms with van der Waals surface area (Å²) in [6.45, 7) is 0. The Bertz CT molecular complexity index is 544. The van der Waals surface area contributed by atoms with Crippen molar-refractivity contribution in [1.82, 2.24) is 4.98 Å². The number of hydrogen-bond donors (Lipinski definition) is 0. The predicted octanol–water partition coefficient (Wildman–Crippen LogP) is 3.56. The van der Waals surface area contributed by atoms with Gasteiger partial charge in [-0.3, -0.25) is 0 Å². The summed E-state index contributed by atoms with van der Waals surface area (Å²) in [6, 6.07) is 9.81. The molecule has 16 heavy (non-hydrogen) atoms. The van der Waals surface area contributed by atoms with Gasteiger partial charge >= 0.3 is 0 Å². The highest BCUT2D eigenvalue weighted by Crippen LogP contribution is 2.43. The van der Waals surface area contributed by atoms with Gasteiger partial charge in [0, 0.05) is 12.1 Å². The lowest BCUT2D eigenvalue weighted by atomic mass is 10.1. The Morgan fingerprint density at radius 3 is 2.62 bits per heavy atom. The van der Waals surface area contributed by atoms with Gasteiger partial charge in [0.2, 0.25) is 0 Å². The maximum Gasteiger partial charge on any atom is 0.0991 e. The summed E-state index contributed by atoms with van der Waals surface area (Å²) >= 11 is 1.78. The van der Waals surface area contributed by atoms with Gasteiger partial charge in [0.15, 0.2) is 0 Å². The number of hydrogen-bond acceptors (Lipinski definition) is 3. The van der Waals surface area contributed by atoms with Gasteiger partial charge < -0.3 is 0 Å². The summed E-state index contributed by atoms with van der Waals surface area (Å²) in [6.07, 6.45) is 4.53. The Balaban J connectivity index is 1.92. The molecule has 0 saturated heterocycles. The molecule has 1 saturated carbocycles. The molecule has 3 rings (SSSR count). The molecule has 3 heteroatoms. The van der Waals surface area contributed by atoms with Gasteiger partial charge in [-0.1, -0.05) is 12.1 Å². The van der Waals surface area contributed by atoms with Crippen molar-refractivity contribution >= 4 is 11.3 Å². The fraction of sp³-hybridized carbons (Fsp3) is 0.231. The number of aromatic nitrogens is 1. The molecule has 0 radical (unpaired) electrons. The number of rotatable bonds is 2. The predicted molar refractivity (Wildman–Crippen MR) is 64.2 cm³/mol. The Labute approximate surface area is 98.2 Å². The number of nitriles is 1. The second-order valence-corrected chi connectivity index (χ2v) is 5.09. The van der Waals surface area contributed by atoms with Crippen LogP contribution in [-0.2, 0) is 0 Å². The maximum absolute atomic E-state index is 8.72. The van der Waals surface area contributed by atoms with Crippen molar-refractivity contribution < 1.29 is 0 Å². The highest BCUT2D eigenvalue weighted by molar-refractivity contribution is 7.15. The topological polar surface area (TPSA) is 36.7 Å². The van der Waals surface area contributed by atoms with Crippen LogP contribution >= 0.6 is 11.3 Å². The SMILES string of the molecule is N#Cc1ccc(-c2cnc(C3CC3)s2)cc1. The molecule has 2 nitrogen and oxygen atoms in total. The van der Waals surface area contributed by atoms with E-state index in [2.05, 4.69) is 11.1 Å². The van der Waals surface area contributed by atoms with Crippen LogP contribution in [0, 0.1) is 11.3 Å². The van der Waals surface area contributed by atoms with Gasteiger partial charge in [0.25, 0.3) is 0 Å². The van der Waals surface area contributed by atoms with Crippen LogP contribution in [0.1, 0.15) is 29.3 Å². The quantitative estimate of drug-likeness (QED) is 0.785. The third-order valence-electron chi connectivity index (χ3n) is 2.75. The number of nitrogens with zero attached hydrogens (tertiary/aromatic N) is 2. The average molecular weight is 226 g/mol. The van der Waals surface area contributed by atoms with E-state index in [0.717, 1.165) is 11.5 Å². The lowest BCUT2D eigenvalue weighted by Crippen LogP contribution is -1.74. The minimum absolute atomic E-state index is 0.704. The van der Waals surface area contributed by atoms with Crippen molar-refractivity contribution in [3.63, 3.8) is 0 Å². The summed E-state index contributed by atoms with van der Waals surface area (Å²) in [5.41, 5.74) is 1.86. The van der Waals surface area contributed by atoms with E-state index in [9.17, 15) is 0 Å². The monoisotopic (exact) mass is 226 g/mol. The third kappa shape index (κ3) is 1.72. The molecule has 0 amide bonds. The fourth-order valence-corrected chi connectivity index (χ4v) is 2.74. The second kappa shape index (κ2) is 3.73. The first-order valence-electron chi connectivity index (χ1n) is 5.33. The molecule has 1 aromatic heterocycles. The summed E-state index contributed by atoms with van der Waals surface area (Å²) < 4.78 is 0. The standard InChI is InChI=1S/C13H10N2S/c14-7-9-1-3-10(4-2-9)12-8-15-13(16-12)11-5-6-11/h1-4,8,11H,5-6H2. The van der Waals surface area contributed by atoms with Gasteiger partial charge in [0.05, 0.1) is 21.5 Å². The molecule has 2 aromatic rings. The smallest absolute Gasteiger partial charge is 0.0991 e.